The average Bonchev–Trinajstić information content (AvgIpc) is 2.98. The van der Waals surface area contributed by atoms with Gasteiger partial charge in [0.05, 0.1) is 12.8 Å². The highest BCUT2D eigenvalue weighted by atomic mass is 19.3. The lowest BCUT2D eigenvalue weighted by Crippen LogP contribution is -2.32. The summed E-state index contributed by atoms with van der Waals surface area (Å²) in [6.45, 7) is -3.00. The van der Waals surface area contributed by atoms with E-state index in [4.69, 9.17) is 4.42 Å². The van der Waals surface area contributed by atoms with Crippen LogP contribution in [0.5, 0.6) is 5.75 Å². The van der Waals surface area contributed by atoms with Crippen LogP contribution >= 0.6 is 0 Å². The monoisotopic (exact) mass is 312 g/mol. The van der Waals surface area contributed by atoms with Crippen LogP contribution in [0.4, 0.5) is 19.3 Å². The molecule has 0 saturated heterocycles. The van der Waals surface area contributed by atoms with Gasteiger partial charge in [-0.1, -0.05) is 6.07 Å². The Kier molecular flexibility index (Phi) is 5.31. The lowest BCUT2D eigenvalue weighted by molar-refractivity contribution is -0.0497. The van der Waals surface area contributed by atoms with Crippen molar-refractivity contribution < 1.29 is 27.8 Å². The van der Waals surface area contributed by atoms with E-state index in [2.05, 4.69) is 15.4 Å². The van der Waals surface area contributed by atoms with E-state index in [0.29, 0.717) is 5.76 Å². The van der Waals surface area contributed by atoms with Crippen LogP contribution in [0, 0.1) is 0 Å². The number of amides is 2. The lowest BCUT2D eigenvalue weighted by atomic mass is 10.3. The molecule has 0 fully saturated rings. The molecule has 0 aliphatic carbocycles. The predicted octanol–water partition coefficient (Wildman–Crippen LogP) is 2.74. The normalized spacial score (nSPS) is 12.0. The summed E-state index contributed by atoms with van der Waals surface area (Å²) in [5.41, 5.74) is 0.281. The molecule has 0 aliphatic heterocycles. The molecule has 0 aliphatic rings. The van der Waals surface area contributed by atoms with Crippen LogP contribution in [0.1, 0.15) is 11.9 Å². The average molecular weight is 312 g/mol. The zero-order valence-corrected chi connectivity index (χ0v) is 11.3. The minimum atomic E-state index is -2.94. The molecule has 118 valence electrons. The molecule has 0 radical (unpaired) electrons. The molecular weight excluding hydrogens is 298 g/mol. The first-order valence-corrected chi connectivity index (χ1v) is 6.36. The topological polar surface area (TPSA) is 83.7 Å². The van der Waals surface area contributed by atoms with E-state index in [1.807, 2.05) is 0 Å². The Hall–Kier alpha value is -2.61. The fourth-order valence-corrected chi connectivity index (χ4v) is 1.70. The van der Waals surface area contributed by atoms with Gasteiger partial charge >= 0.3 is 12.6 Å². The number of aliphatic hydroxyl groups excluding tert-OH is 1. The van der Waals surface area contributed by atoms with E-state index in [9.17, 15) is 18.7 Å². The number of hydrogen-bond acceptors (Lipinski definition) is 4. The summed E-state index contributed by atoms with van der Waals surface area (Å²) in [5.74, 6) is 0.260. The zero-order chi connectivity index (χ0) is 15.9. The van der Waals surface area contributed by atoms with E-state index in [1.54, 1.807) is 12.1 Å². The first-order valence-electron chi connectivity index (χ1n) is 6.36. The Labute approximate surface area is 124 Å². The zero-order valence-electron chi connectivity index (χ0n) is 11.3. The number of aliphatic hydroxyl groups is 1. The number of benzene rings is 1. The molecule has 2 amide bonds. The summed E-state index contributed by atoms with van der Waals surface area (Å²) in [7, 11) is 0. The number of urea groups is 1. The summed E-state index contributed by atoms with van der Waals surface area (Å²) in [4.78, 5) is 11.7. The van der Waals surface area contributed by atoms with Gasteiger partial charge in [0.2, 0.25) is 0 Å². The third kappa shape index (κ3) is 4.74. The van der Waals surface area contributed by atoms with Gasteiger partial charge in [-0.15, -0.1) is 0 Å². The molecule has 0 spiro atoms. The van der Waals surface area contributed by atoms with E-state index >= 15 is 0 Å². The van der Waals surface area contributed by atoms with Crippen molar-refractivity contribution in [2.24, 2.45) is 0 Å². The molecule has 1 unspecified atom stereocenters. The van der Waals surface area contributed by atoms with Crippen LogP contribution in [0.2, 0.25) is 0 Å². The molecule has 3 N–H and O–H groups in total. The minimum Gasteiger partial charge on any atom is -0.467 e. The standard InChI is InChI=1S/C14H14F2N2O4/c15-13(16)22-10-4-1-3-9(7-10)18-14(20)17-8-11(19)12-5-2-6-21-12/h1-7,11,13,19H,8H2,(H2,17,18,20). The molecule has 2 rings (SSSR count). The Balaban J connectivity index is 1.84. The summed E-state index contributed by atoms with van der Waals surface area (Å²) in [6, 6.07) is 8.18. The van der Waals surface area contributed by atoms with Gasteiger partial charge in [-0.05, 0) is 24.3 Å². The van der Waals surface area contributed by atoms with Crippen molar-refractivity contribution >= 4 is 11.7 Å². The van der Waals surface area contributed by atoms with Gasteiger partial charge in [-0.3, -0.25) is 0 Å². The molecule has 6 nitrogen and oxygen atoms in total. The van der Waals surface area contributed by atoms with Gasteiger partial charge in [0.15, 0.2) is 0 Å². The fourth-order valence-electron chi connectivity index (χ4n) is 1.70. The Bertz CT molecular complexity index is 605. The minimum absolute atomic E-state index is 0.0629. The smallest absolute Gasteiger partial charge is 0.387 e. The number of hydrogen-bond donors (Lipinski definition) is 3. The van der Waals surface area contributed by atoms with Crippen LogP contribution in [-0.2, 0) is 0 Å². The quantitative estimate of drug-likeness (QED) is 0.766. The van der Waals surface area contributed by atoms with E-state index in [-0.39, 0.29) is 18.0 Å². The molecule has 2 aromatic rings. The number of ether oxygens (including phenoxy) is 1. The van der Waals surface area contributed by atoms with Crippen LogP contribution in [-0.4, -0.2) is 24.3 Å². The van der Waals surface area contributed by atoms with E-state index in [0.717, 1.165) is 0 Å². The highest BCUT2D eigenvalue weighted by Gasteiger charge is 2.12. The summed E-state index contributed by atoms with van der Waals surface area (Å²) in [5, 5.41) is 14.6. The second-order valence-electron chi connectivity index (χ2n) is 4.27. The number of furan rings is 1. The third-order valence-electron chi connectivity index (χ3n) is 2.64. The van der Waals surface area contributed by atoms with Crippen molar-refractivity contribution in [2.75, 3.05) is 11.9 Å². The van der Waals surface area contributed by atoms with Crippen LogP contribution in [0.25, 0.3) is 0 Å². The Morgan fingerprint density at radius 2 is 2.14 bits per heavy atom. The number of rotatable bonds is 6. The number of alkyl halides is 2. The first kappa shape index (κ1) is 15.8. The van der Waals surface area contributed by atoms with Crippen LogP contribution < -0.4 is 15.4 Å². The second kappa shape index (κ2) is 7.41. The third-order valence-corrected chi connectivity index (χ3v) is 2.64. The predicted molar refractivity (Wildman–Crippen MR) is 73.8 cm³/mol. The largest absolute Gasteiger partial charge is 0.467 e. The van der Waals surface area contributed by atoms with Crippen molar-refractivity contribution in [3.05, 3.63) is 48.4 Å². The highest BCUT2D eigenvalue weighted by Crippen LogP contribution is 2.19. The number of carbonyl (C=O) groups is 1. The molecule has 8 heteroatoms. The van der Waals surface area contributed by atoms with Gasteiger partial charge < -0.3 is 24.9 Å². The van der Waals surface area contributed by atoms with Crippen molar-refractivity contribution in [1.29, 1.82) is 0 Å². The number of anilines is 1. The van der Waals surface area contributed by atoms with Gasteiger partial charge in [-0.2, -0.15) is 8.78 Å². The molecule has 1 aromatic heterocycles. The maximum absolute atomic E-state index is 12.1. The first-order chi connectivity index (χ1) is 10.5. The molecule has 1 aromatic carbocycles. The van der Waals surface area contributed by atoms with Gasteiger partial charge in [0.1, 0.15) is 17.6 Å². The van der Waals surface area contributed by atoms with Crippen LogP contribution in [0.15, 0.2) is 47.1 Å². The number of halogens is 2. The molecule has 1 atom stereocenters. The maximum Gasteiger partial charge on any atom is 0.387 e. The Morgan fingerprint density at radius 3 is 2.82 bits per heavy atom. The van der Waals surface area contributed by atoms with E-state index < -0.39 is 18.7 Å². The number of carbonyl (C=O) groups excluding carboxylic acids is 1. The van der Waals surface area contributed by atoms with Crippen molar-refractivity contribution in [3.63, 3.8) is 0 Å². The van der Waals surface area contributed by atoms with Crippen molar-refractivity contribution in [3.8, 4) is 5.75 Å². The summed E-state index contributed by atoms with van der Waals surface area (Å²) in [6.07, 6.45) is 0.432. The summed E-state index contributed by atoms with van der Waals surface area (Å²) >= 11 is 0. The molecule has 1 heterocycles. The van der Waals surface area contributed by atoms with Gasteiger partial charge in [0.25, 0.3) is 0 Å². The van der Waals surface area contributed by atoms with E-state index in [1.165, 1.54) is 30.5 Å². The van der Waals surface area contributed by atoms with Gasteiger partial charge in [-0.25, -0.2) is 4.79 Å². The second-order valence-corrected chi connectivity index (χ2v) is 4.27. The Morgan fingerprint density at radius 1 is 1.32 bits per heavy atom. The molecule has 0 bridgehead atoms. The maximum atomic E-state index is 12.1. The molecule has 22 heavy (non-hydrogen) atoms. The summed E-state index contributed by atoms with van der Waals surface area (Å²) < 4.78 is 33.4. The molecule has 0 saturated carbocycles. The van der Waals surface area contributed by atoms with Crippen molar-refractivity contribution in [1.82, 2.24) is 5.32 Å². The molecular formula is C14H14F2N2O4. The fraction of sp³-hybridized carbons (Fsp3) is 0.214. The SMILES string of the molecule is O=C(NCC(O)c1ccco1)Nc1cccc(OC(F)F)c1. The van der Waals surface area contributed by atoms with Gasteiger partial charge in [0, 0.05) is 11.8 Å². The van der Waals surface area contributed by atoms with Crippen molar-refractivity contribution in [2.45, 2.75) is 12.7 Å². The van der Waals surface area contributed by atoms with Crippen LogP contribution in [0.3, 0.4) is 0 Å². The lowest BCUT2D eigenvalue weighted by Gasteiger charge is -2.11. The number of nitrogens with one attached hydrogen (secondary N) is 2. The highest BCUT2D eigenvalue weighted by molar-refractivity contribution is 5.89.